The van der Waals surface area contributed by atoms with Gasteiger partial charge in [0.05, 0.1) is 0 Å². The van der Waals surface area contributed by atoms with Gasteiger partial charge < -0.3 is 15.8 Å². The first-order valence-electron chi connectivity index (χ1n) is 6.39. The number of primary amides is 1. The van der Waals surface area contributed by atoms with Crippen LogP contribution in [-0.2, 0) is 16.1 Å². The predicted octanol–water partition coefficient (Wildman–Crippen LogP) is 1.45. The van der Waals surface area contributed by atoms with Crippen LogP contribution < -0.4 is 11.1 Å². The van der Waals surface area contributed by atoms with E-state index in [0.717, 1.165) is 19.5 Å². The molecule has 0 aliphatic carbocycles. The van der Waals surface area contributed by atoms with E-state index in [1.807, 2.05) is 25.1 Å². The SMILES string of the molecule is CCC(OCCCNCc1ccccc1)C(N)=O. The van der Waals surface area contributed by atoms with Crippen LogP contribution in [0.3, 0.4) is 0 Å². The van der Waals surface area contributed by atoms with Crippen molar-refractivity contribution in [1.82, 2.24) is 5.32 Å². The molecule has 1 aromatic rings. The maximum Gasteiger partial charge on any atom is 0.246 e. The molecule has 1 atom stereocenters. The molecule has 100 valence electrons. The molecule has 0 aromatic heterocycles. The number of nitrogens with two attached hydrogens (primary N) is 1. The lowest BCUT2D eigenvalue weighted by atomic mass is 10.2. The summed E-state index contributed by atoms with van der Waals surface area (Å²) in [5.74, 6) is -0.380. The second-order valence-electron chi connectivity index (χ2n) is 4.19. The highest BCUT2D eigenvalue weighted by Gasteiger charge is 2.11. The van der Waals surface area contributed by atoms with Gasteiger partial charge in [-0.3, -0.25) is 4.79 Å². The standard InChI is InChI=1S/C14H22N2O2/c1-2-13(14(15)17)18-10-6-9-16-11-12-7-4-3-5-8-12/h3-5,7-8,13,16H,2,6,9-11H2,1H3,(H2,15,17). The summed E-state index contributed by atoms with van der Waals surface area (Å²) in [6.07, 6.45) is 1.06. The number of benzene rings is 1. The van der Waals surface area contributed by atoms with E-state index in [4.69, 9.17) is 10.5 Å². The summed E-state index contributed by atoms with van der Waals surface area (Å²) < 4.78 is 5.39. The average molecular weight is 250 g/mol. The van der Waals surface area contributed by atoms with Crippen molar-refractivity contribution in [3.63, 3.8) is 0 Å². The van der Waals surface area contributed by atoms with Crippen LogP contribution in [0.5, 0.6) is 0 Å². The largest absolute Gasteiger partial charge is 0.368 e. The number of carbonyl (C=O) groups excluding carboxylic acids is 1. The van der Waals surface area contributed by atoms with Crippen molar-refractivity contribution in [2.24, 2.45) is 5.73 Å². The van der Waals surface area contributed by atoms with Gasteiger partial charge in [-0.15, -0.1) is 0 Å². The summed E-state index contributed by atoms with van der Waals surface area (Å²) in [6, 6.07) is 10.2. The van der Waals surface area contributed by atoms with Crippen molar-refractivity contribution in [1.29, 1.82) is 0 Å². The average Bonchev–Trinajstić information content (AvgIpc) is 2.38. The van der Waals surface area contributed by atoms with E-state index in [2.05, 4.69) is 17.4 Å². The third-order valence-corrected chi connectivity index (χ3v) is 2.68. The van der Waals surface area contributed by atoms with Gasteiger partial charge in [-0.05, 0) is 24.9 Å². The molecular formula is C14H22N2O2. The molecule has 18 heavy (non-hydrogen) atoms. The quantitative estimate of drug-likeness (QED) is 0.652. The third-order valence-electron chi connectivity index (χ3n) is 2.68. The Bertz CT molecular complexity index is 341. The highest BCUT2D eigenvalue weighted by atomic mass is 16.5. The van der Waals surface area contributed by atoms with Crippen molar-refractivity contribution < 1.29 is 9.53 Å². The van der Waals surface area contributed by atoms with E-state index in [1.54, 1.807) is 0 Å². The third kappa shape index (κ3) is 5.80. The van der Waals surface area contributed by atoms with Crippen LogP contribution in [0.25, 0.3) is 0 Å². The molecule has 0 heterocycles. The molecule has 0 bridgehead atoms. The van der Waals surface area contributed by atoms with E-state index >= 15 is 0 Å². The Balaban J connectivity index is 2.04. The van der Waals surface area contributed by atoms with Crippen LogP contribution in [0.4, 0.5) is 0 Å². The molecule has 0 aliphatic rings. The molecule has 1 rings (SSSR count). The molecule has 3 N–H and O–H groups in total. The summed E-state index contributed by atoms with van der Waals surface area (Å²) in [6.45, 7) is 4.17. The lowest BCUT2D eigenvalue weighted by Crippen LogP contribution is -2.31. The van der Waals surface area contributed by atoms with E-state index in [0.29, 0.717) is 13.0 Å². The maximum absolute atomic E-state index is 10.9. The van der Waals surface area contributed by atoms with E-state index in [-0.39, 0.29) is 5.91 Å². The fourth-order valence-corrected chi connectivity index (χ4v) is 1.65. The maximum atomic E-state index is 10.9. The van der Waals surface area contributed by atoms with Gasteiger partial charge in [0.15, 0.2) is 0 Å². The van der Waals surface area contributed by atoms with Crippen molar-refractivity contribution in [2.45, 2.75) is 32.4 Å². The number of amides is 1. The van der Waals surface area contributed by atoms with Crippen molar-refractivity contribution >= 4 is 5.91 Å². The summed E-state index contributed by atoms with van der Waals surface area (Å²) in [4.78, 5) is 10.9. The summed E-state index contributed by atoms with van der Waals surface area (Å²) >= 11 is 0. The van der Waals surface area contributed by atoms with Crippen LogP contribution in [0.1, 0.15) is 25.3 Å². The zero-order valence-electron chi connectivity index (χ0n) is 10.9. The molecule has 0 saturated carbocycles. The lowest BCUT2D eigenvalue weighted by Gasteiger charge is -2.12. The van der Waals surface area contributed by atoms with Gasteiger partial charge >= 0.3 is 0 Å². The Labute approximate surface area is 109 Å². The molecule has 0 radical (unpaired) electrons. The highest BCUT2D eigenvalue weighted by molar-refractivity contribution is 5.78. The molecule has 0 fully saturated rings. The smallest absolute Gasteiger partial charge is 0.246 e. The van der Waals surface area contributed by atoms with Crippen LogP contribution in [0.15, 0.2) is 30.3 Å². The van der Waals surface area contributed by atoms with Crippen molar-refractivity contribution in [3.05, 3.63) is 35.9 Å². The fourth-order valence-electron chi connectivity index (χ4n) is 1.65. The molecule has 1 unspecified atom stereocenters. The first-order valence-corrected chi connectivity index (χ1v) is 6.39. The number of hydrogen-bond donors (Lipinski definition) is 2. The van der Waals surface area contributed by atoms with Crippen LogP contribution >= 0.6 is 0 Å². The summed E-state index contributed by atoms with van der Waals surface area (Å²) in [5.41, 5.74) is 6.45. The minimum Gasteiger partial charge on any atom is -0.368 e. The Kier molecular flexibility index (Phi) is 7.06. The monoisotopic (exact) mass is 250 g/mol. The number of rotatable bonds is 9. The number of ether oxygens (including phenoxy) is 1. The molecule has 4 heteroatoms. The summed E-state index contributed by atoms with van der Waals surface area (Å²) in [5, 5.41) is 3.33. The van der Waals surface area contributed by atoms with Gasteiger partial charge in [0, 0.05) is 13.2 Å². The Hall–Kier alpha value is -1.39. The van der Waals surface area contributed by atoms with Gasteiger partial charge in [-0.25, -0.2) is 0 Å². The molecule has 0 aliphatic heterocycles. The van der Waals surface area contributed by atoms with Gasteiger partial charge in [0.2, 0.25) is 5.91 Å². The van der Waals surface area contributed by atoms with Crippen molar-refractivity contribution in [2.75, 3.05) is 13.2 Å². The Morgan fingerprint density at radius 2 is 2.11 bits per heavy atom. The number of nitrogens with one attached hydrogen (secondary N) is 1. The fraction of sp³-hybridized carbons (Fsp3) is 0.500. The van der Waals surface area contributed by atoms with Crippen LogP contribution in [0.2, 0.25) is 0 Å². The van der Waals surface area contributed by atoms with E-state index in [1.165, 1.54) is 5.56 Å². The first kappa shape index (κ1) is 14.7. The van der Waals surface area contributed by atoms with Crippen LogP contribution in [-0.4, -0.2) is 25.2 Å². The lowest BCUT2D eigenvalue weighted by molar-refractivity contribution is -0.129. The first-order chi connectivity index (χ1) is 8.74. The molecule has 1 aromatic carbocycles. The molecule has 1 amide bonds. The van der Waals surface area contributed by atoms with Gasteiger partial charge in [-0.2, -0.15) is 0 Å². The molecule has 0 spiro atoms. The minimum atomic E-state index is -0.445. The number of carbonyl (C=O) groups is 1. The van der Waals surface area contributed by atoms with Crippen LogP contribution in [0, 0.1) is 0 Å². The molecular weight excluding hydrogens is 228 g/mol. The molecule has 0 saturated heterocycles. The Morgan fingerprint density at radius 3 is 2.72 bits per heavy atom. The zero-order valence-corrected chi connectivity index (χ0v) is 10.9. The van der Waals surface area contributed by atoms with E-state index < -0.39 is 6.10 Å². The predicted molar refractivity (Wildman–Crippen MR) is 72.0 cm³/mol. The normalized spacial score (nSPS) is 12.3. The second-order valence-corrected chi connectivity index (χ2v) is 4.19. The van der Waals surface area contributed by atoms with Gasteiger partial charge in [0.25, 0.3) is 0 Å². The van der Waals surface area contributed by atoms with Gasteiger partial charge in [-0.1, -0.05) is 37.3 Å². The Morgan fingerprint density at radius 1 is 1.39 bits per heavy atom. The molecule has 4 nitrogen and oxygen atoms in total. The number of hydrogen-bond acceptors (Lipinski definition) is 3. The zero-order chi connectivity index (χ0) is 13.2. The topological polar surface area (TPSA) is 64.3 Å². The van der Waals surface area contributed by atoms with Crippen molar-refractivity contribution in [3.8, 4) is 0 Å². The second kappa shape index (κ2) is 8.66. The highest BCUT2D eigenvalue weighted by Crippen LogP contribution is 1.99. The van der Waals surface area contributed by atoms with Gasteiger partial charge in [0.1, 0.15) is 6.10 Å². The minimum absolute atomic E-state index is 0.380. The summed E-state index contributed by atoms with van der Waals surface area (Å²) in [7, 11) is 0. The van der Waals surface area contributed by atoms with E-state index in [9.17, 15) is 4.79 Å².